The number of nitrogens with zero attached hydrogens (tertiary/aromatic N) is 1. The third kappa shape index (κ3) is 5.22. The molecule has 0 saturated heterocycles. The second-order valence-electron chi connectivity index (χ2n) is 4.23. The molecule has 0 aliphatic carbocycles. The van der Waals surface area contributed by atoms with Crippen LogP contribution in [0.3, 0.4) is 0 Å². The number of rotatable bonds is 3. The lowest BCUT2D eigenvalue weighted by atomic mass is 10.1. The molecule has 0 aromatic carbocycles. The molecule has 1 N–H and O–H groups in total. The average Bonchev–Trinajstić information content (AvgIpc) is 1.80. The summed E-state index contributed by atoms with van der Waals surface area (Å²) in [6.07, 6.45) is 0.674. The van der Waals surface area contributed by atoms with Gasteiger partial charge in [-0.3, -0.25) is 0 Å². The molecule has 0 heterocycles. The summed E-state index contributed by atoms with van der Waals surface area (Å²) in [5, 5.41) is 9.04. The van der Waals surface area contributed by atoms with Gasteiger partial charge >= 0.3 is 0 Å². The molecule has 2 nitrogen and oxygen atoms in total. The van der Waals surface area contributed by atoms with E-state index in [4.69, 9.17) is 5.11 Å². The predicted octanol–water partition coefficient (Wildman–Crippen LogP) is 1.49. The lowest BCUT2D eigenvalue weighted by Gasteiger charge is -2.32. The Kier molecular flexibility index (Phi) is 4.04. The Balaban J connectivity index is 3.61. The monoisotopic (exact) mass is 159 g/mol. The highest BCUT2D eigenvalue weighted by molar-refractivity contribution is 4.72. The van der Waals surface area contributed by atoms with Gasteiger partial charge < -0.3 is 10.0 Å². The fraction of sp³-hybridized carbons (Fsp3) is 1.00. The van der Waals surface area contributed by atoms with Crippen molar-refractivity contribution >= 4 is 0 Å². The van der Waals surface area contributed by atoms with Crippen molar-refractivity contribution in [2.75, 3.05) is 13.6 Å². The largest absolute Gasteiger partial charge is 0.393 e. The number of hydrogen-bond donors (Lipinski definition) is 1. The van der Waals surface area contributed by atoms with Crippen molar-refractivity contribution in [3.8, 4) is 0 Å². The molecule has 1 unspecified atom stereocenters. The van der Waals surface area contributed by atoms with Crippen molar-refractivity contribution < 1.29 is 5.11 Å². The highest BCUT2D eigenvalue weighted by Gasteiger charge is 2.16. The van der Waals surface area contributed by atoms with E-state index in [1.165, 1.54) is 0 Å². The molecule has 0 bridgehead atoms. The van der Waals surface area contributed by atoms with Crippen LogP contribution >= 0.6 is 0 Å². The smallest absolute Gasteiger partial charge is 0.0524 e. The highest BCUT2D eigenvalue weighted by Crippen LogP contribution is 2.10. The molecule has 0 saturated carbocycles. The number of aliphatic hydroxyl groups is 1. The minimum Gasteiger partial charge on any atom is -0.393 e. The topological polar surface area (TPSA) is 23.5 Å². The zero-order valence-electron chi connectivity index (χ0n) is 8.39. The summed E-state index contributed by atoms with van der Waals surface area (Å²) in [6, 6.07) is 0. The van der Waals surface area contributed by atoms with Crippen molar-refractivity contribution in [1.29, 1.82) is 0 Å². The molecule has 1 atom stereocenters. The fourth-order valence-electron chi connectivity index (χ4n) is 0.716. The quantitative estimate of drug-likeness (QED) is 0.674. The van der Waals surface area contributed by atoms with E-state index in [1.54, 1.807) is 0 Å². The Labute approximate surface area is 70.2 Å². The molecule has 11 heavy (non-hydrogen) atoms. The molecule has 0 rings (SSSR count). The minimum absolute atomic E-state index is 0.181. The van der Waals surface area contributed by atoms with Gasteiger partial charge in [-0.2, -0.15) is 0 Å². The maximum absolute atomic E-state index is 9.04. The van der Waals surface area contributed by atoms with Crippen LogP contribution in [0.25, 0.3) is 0 Å². The van der Waals surface area contributed by atoms with E-state index < -0.39 is 0 Å². The highest BCUT2D eigenvalue weighted by atomic mass is 16.3. The summed E-state index contributed by atoms with van der Waals surface area (Å²) in [5.74, 6) is 0. The Bertz CT molecular complexity index is 105. The first kappa shape index (κ1) is 10.9. The summed E-state index contributed by atoms with van der Waals surface area (Å²) < 4.78 is 0. The zero-order chi connectivity index (χ0) is 9.07. The first-order valence-corrected chi connectivity index (χ1v) is 4.23. The van der Waals surface area contributed by atoms with Crippen LogP contribution in [0, 0.1) is 0 Å². The summed E-state index contributed by atoms with van der Waals surface area (Å²) in [5.41, 5.74) is 0.217. The zero-order valence-corrected chi connectivity index (χ0v) is 8.39. The van der Waals surface area contributed by atoms with Crippen molar-refractivity contribution in [1.82, 2.24) is 4.90 Å². The number of aliphatic hydroxyl groups excluding tert-OH is 1. The van der Waals surface area contributed by atoms with Gasteiger partial charge in [0.2, 0.25) is 0 Å². The molecule has 0 aromatic heterocycles. The Morgan fingerprint density at radius 1 is 1.36 bits per heavy atom. The Morgan fingerprint density at radius 3 is 2.09 bits per heavy atom. The molecule has 2 heteroatoms. The molecule has 0 spiro atoms. The van der Waals surface area contributed by atoms with Gasteiger partial charge in [0.05, 0.1) is 6.10 Å². The Hall–Kier alpha value is -0.0800. The maximum Gasteiger partial charge on any atom is 0.0524 e. The van der Waals surface area contributed by atoms with Crippen molar-refractivity contribution in [2.24, 2.45) is 0 Å². The molecule has 0 aliphatic rings. The predicted molar refractivity (Wildman–Crippen MR) is 48.7 cm³/mol. The van der Waals surface area contributed by atoms with E-state index in [-0.39, 0.29) is 11.6 Å². The van der Waals surface area contributed by atoms with Crippen LogP contribution in [0.2, 0.25) is 0 Å². The molecule has 0 amide bonds. The van der Waals surface area contributed by atoms with E-state index in [1.807, 2.05) is 6.92 Å². The normalized spacial score (nSPS) is 15.5. The van der Waals surface area contributed by atoms with Crippen LogP contribution in [0.15, 0.2) is 0 Å². The molecule has 68 valence electrons. The summed E-state index contributed by atoms with van der Waals surface area (Å²) in [6.45, 7) is 9.32. The third-order valence-electron chi connectivity index (χ3n) is 2.03. The molecule has 0 radical (unpaired) electrons. The lowest BCUT2D eigenvalue weighted by molar-refractivity contribution is 0.125. The van der Waals surface area contributed by atoms with Gasteiger partial charge in [0.25, 0.3) is 0 Å². The van der Waals surface area contributed by atoms with Gasteiger partial charge in [-0.05, 0) is 41.2 Å². The van der Waals surface area contributed by atoms with Gasteiger partial charge in [-0.25, -0.2) is 0 Å². The van der Waals surface area contributed by atoms with Crippen molar-refractivity contribution in [3.63, 3.8) is 0 Å². The Morgan fingerprint density at radius 2 is 1.82 bits per heavy atom. The van der Waals surface area contributed by atoms with Gasteiger partial charge in [-0.15, -0.1) is 0 Å². The van der Waals surface area contributed by atoms with Gasteiger partial charge in [0.1, 0.15) is 0 Å². The fourth-order valence-corrected chi connectivity index (χ4v) is 0.716. The standard InChI is InChI=1S/C9H21NO/c1-8(11)6-7-10(5)9(2,3)4/h8,11H,6-7H2,1-5H3. The van der Waals surface area contributed by atoms with Gasteiger partial charge in [0, 0.05) is 12.1 Å². The van der Waals surface area contributed by atoms with Gasteiger partial charge in [-0.1, -0.05) is 0 Å². The van der Waals surface area contributed by atoms with Crippen LogP contribution in [0.1, 0.15) is 34.1 Å². The second kappa shape index (κ2) is 4.07. The first-order valence-electron chi connectivity index (χ1n) is 4.23. The molecular weight excluding hydrogens is 138 g/mol. The van der Waals surface area contributed by atoms with Crippen LogP contribution in [-0.2, 0) is 0 Å². The van der Waals surface area contributed by atoms with Crippen LogP contribution < -0.4 is 0 Å². The van der Waals surface area contributed by atoms with E-state index in [0.717, 1.165) is 13.0 Å². The second-order valence-corrected chi connectivity index (χ2v) is 4.23. The molecular formula is C9H21NO. The van der Waals surface area contributed by atoms with Crippen molar-refractivity contribution in [2.45, 2.75) is 45.8 Å². The average molecular weight is 159 g/mol. The van der Waals surface area contributed by atoms with E-state index in [2.05, 4.69) is 32.7 Å². The maximum atomic E-state index is 9.04. The summed E-state index contributed by atoms with van der Waals surface area (Å²) >= 11 is 0. The van der Waals surface area contributed by atoms with Crippen LogP contribution in [0.5, 0.6) is 0 Å². The summed E-state index contributed by atoms with van der Waals surface area (Å²) in [7, 11) is 2.09. The number of hydrogen-bond acceptors (Lipinski definition) is 2. The summed E-state index contributed by atoms with van der Waals surface area (Å²) in [4.78, 5) is 2.25. The SMILES string of the molecule is CC(O)CCN(C)C(C)(C)C. The van der Waals surface area contributed by atoms with Gasteiger partial charge in [0.15, 0.2) is 0 Å². The van der Waals surface area contributed by atoms with E-state index in [9.17, 15) is 0 Å². The van der Waals surface area contributed by atoms with E-state index in [0.29, 0.717) is 0 Å². The lowest BCUT2D eigenvalue weighted by Crippen LogP contribution is -2.39. The first-order chi connectivity index (χ1) is 4.84. The molecule has 0 aliphatic heterocycles. The van der Waals surface area contributed by atoms with E-state index >= 15 is 0 Å². The van der Waals surface area contributed by atoms with Crippen molar-refractivity contribution in [3.05, 3.63) is 0 Å². The van der Waals surface area contributed by atoms with Crippen LogP contribution in [0.4, 0.5) is 0 Å². The molecule has 0 fully saturated rings. The van der Waals surface area contributed by atoms with Crippen LogP contribution in [-0.4, -0.2) is 35.2 Å². The minimum atomic E-state index is -0.181. The third-order valence-corrected chi connectivity index (χ3v) is 2.03. The molecule has 0 aromatic rings.